The molecule has 2 aromatic heterocycles. The molecular formula is C21H21F2N5O. The van der Waals surface area contributed by atoms with Gasteiger partial charge in [0.1, 0.15) is 5.82 Å². The summed E-state index contributed by atoms with van der Waals surface area (Å²) < 4.78 is 26.4. The average Bonchev–Trinajstić information content (AvgIpc) is 3.06. The van der Waals surface area contributed by atoms with Crippen LogP contribution in [0.3, 0.4) is 0 Å². The molecule has 150 valence electrons. The van der Waals surface area contributed by atoms with Crippen molar-refractivity contribution in [2.45, 2.75) is 18.8 Å². The summed E-state index contributed by atoms with van der Waals surface area (Å²) >= 11 is 0. The van der Waals surface area contributed by atoms with Crippen LogP contribution in [0.5, 0.6) is 0 Å². The van der Waals surface area contributed by atoms with Crippen LogP contribution in [0.25, 0.3) is 11.3 Å². The number of nitrogens with zero attached hydrogens (tertiary/aromatic N) is 2. The first-order chi connectivity index (χ1) is 13.9. The predicted molar refractivity (Wildman–Crippen MR) is 108 cm³/mol. The summed E-state index contributed by atoms with van der Waals surface area (Å²) in [6.07, 6.45) is -1.22. The Hall–Kier alpha value is -3.42. The number of fused-ring (bicyclic) bond motifs is 1. The molecule has 3 aromatic rings. The van der Waals surface area contributed by atoms with Crippen molar-refractivity contribution < 1.29 is 13.6 Å². The van der Waals surface area contributed by atoms with Gasteiger partial charge in [-0.2, -0.15) is 0 Å². The lowest BCUT2D eigenvalue weighted by molar-refractivity contribution is 0.0720. The van der Waals surface area contributed by atoms with Crippen LogP contribution in [0, 0.1) is 0 Å². The number of pyridine rings is 1. The van der Waals surface area contributed by atoms with Crippen LogP contribution in [0.1, 0.15) is 28.4 Å². The van der Waals surface area contributed by atoms with Crippen LogP contribution in [0.15, 0.2) is 48.7 Å². The Balaban J connectivity index is 1.91. The second-order valence-electron chi connectivity index (χ2n) is 7.13. The van der Waals surface area contributed by atoms with E-state index in [0.29, 0.717) is 28.5 Å². The maximum absolute atomic E-state index is 13.2. The highest BCUT2D eigenvalue weighted by atomic mass is 19.3. The van der Waals surface area contributed by atoms with Gasteiger partial charge < -0.3 is 20.9 Å². The Morgan fingerprint density at radius 2 is 2.07 bits per heavy atom. The number of carbonyl (C=O) groups is 1. The molecule has 1 atom stereocenters. The number of H-pyrrole nitrogens is 1. The number of likely N-dealkylation sites (N-methyl/N-ethyl adjacent to an activating group) is 1. The summed E-state index contributed by atoms with van der Waals surface area (Å²) in [6, 6.07) is 12.8. The zero-order valence-electron chi connectivity index (χ0n) is 15.8. The second-order valence-corrected chi connectivity index (χ2v) is 7.13. The number of anilines is 3. The summed E-state index contributed by atoms with van der Waals surface area (Å²) in [7, 11) is 1.63. The minimum absolute atomic E-state index is 0.214. The maximum Gasteiger partial charge on any atom is 0.257 e. The van der Waals surface area contributed by atoms with Gasteiger partial charge in [-0.15, -0.1) is 0 Å². The van der Waals surface area contributed by atoms with Crippen LogP contribution in [-0.2, 0) is 0 Å². The van der Waals surface area contributed by atoms with Crippen molar-refractivity contribution >= 4 is 23.1 Å². The molecule has 0 saturated carbocycles. The molecule has 1 aliphatic rings. The topological polar surface area (TPSA) is 87.0 Å². The molecule has 1 aromatic carbocycles. The first kappa shape index (κ1) is 18.9. The highest BCUT2D eigenvalue weighted by Crippen LogP contribution is 2.42. The Morgan fingerprint density at radius 1 is 1.31 bits per heavy atom. The Kier molecular flexibility index (Phi) is 4.92. The number of amides is 1. The molecule has 6 nitrogen and oxygen atoms in total. The second kappa shape index (κ2) is 7.54. The van der Waals surface area contributed by atoms with Gasteiger partial charge in [-0.3, -0.25) is 4.79 Å². The van der Waals surface area contributed by atoms with Gasteiger partial charge in [0, 0.05) is 49.1 Å². The summed E-state index contributed by atoms with van der Waals surface area (Å²) in [5.74, 6) is -0.376. The zero-order chi connectivity index (χ0) is 20.5. The molecule has 0 saturated heterocycles. The molecule has 0 fully saturated rings. The summed E-state index contributed by atoms with van der Waals surface area (Å²) in [6.45, 7) is 0.236. The van der Waals surface area contributed by atoms with Crippen molar-refractivity contribution in [1.29, 1.82) is 0 Å². The molecule has 1 aliphatic heterocycles. The smallest absolute Gasteiger partial charge is 0.257 e. The third-order valence-corrected chi connectivity index (χ3v) is 5.07. The fourth-order valence-electron chi connectivity index (χ4n) is 3.76. The van der Waals surface area contributed by atoms with E-state index in [2.05, 4.69) is 15.3 Å². The van der Waals surface area contributed by atoms with E-state index in [1.165, 1.54) is 4.90 Å². The number of nitrogens with one attached hydrogen (secondary N) is 2. The fraction of sp³-hybridized carbons (Fsp3) is 0.238. The Morgan fingerprint density at radius 3 is 2.76 bits per heavy atom. The van der Waals surface area contributed by atoms with E-state index in [4.69, 9.17) is 5.73 Å². The lowest BCUT2D eigenvalue weighted by Crippen LogP contribution is -2.37. The van der Waals surface area contributed by atoms with E-state index in [1.807, 2.05) is 30.3 Å². The number of carbonyl (C=O) groups excluding carboxylic acids is 1. The van der Waals surface area contributed by atoms with Crippen molar-refractivity contribution in [1.82, 2.24) is 14.9 Å². The van der Waals surface area contributed by atoms with Crippen LogP contribution in [-0.4, -0.2) is 40.8 Å². The summed E-state index contributed by atoms with van der Waals surface area (Å²) in [5, 5.41) is 3.30. The van der Waals surface area contributed by atoms with Gasteiger partial charge in [0.05, 0.1) is 16.9 Å². The van der Waals surface area contributed by atoms with Gasteiger partial charge >= 0.3 is 0 Å². The van der Waals surface area contributed by atoms with E-state index in [9.17, 15) is 13.6 Å². The molecule has 3 heterocycles. The number of hydrogen-bond donors (Lipinski definition) is 3. The minimum atomic E-state index is -2.47. The van der Waals surface area contributed by atoms with Gasteiger partial charge in [0.25, 0.3) is 5.91 Å². The summed E-state index contributed by atoms with van der Waals surface area (Å²) in [4.78, 5) is 21.8. The van der Waals surface area contributed by atoms with Crippen LogP contribution < -0.4 is 11.1 Å². The van der Waals surface area contributed by atoms with Gasteiger partial charge in [-0.05, 0) is 24.3 Å². The third-order valence-electron chi connectivity index (χ3n) is 5.07. The number of halogens is 2. The largest absolute Gasteiger partial charge is 0.384 e. The zero-order valence-corrected chi connectivity index (χ0v) is 15.8. The average molecular weight is 397 g/mol. The van der Waals surface area contributed by atoms with E-state index in [0.717, 1.165) is 11.3 Å². The third kappa shape index (κ3) is 3.65. The van der Waals surface area contributed by atoms with Gasteiger partial charge in [-0.25, -0.2) is 13.8 Å². The lowest BCUT2D eigenvalue weighted by atomic mass is 9.92. The molecule has 0 radical (unpaired) electrons. The number of para-hydroxylation sites is 1. The van der Waals surface area contributed by atoms with Crippen molar-refractivity contribution in [2.24, 2.45) is 0 Å². The number of aromatic nitrogens is 2. The molecule has 8 heteroatoms. The van der Waals surface area contributed by atoms with Gasteiger partial charge in [0.15, 0.2) is 0 Å². The molecule has 29 heavy (non-hydrogen) atoms. The molecular weight excluding hydrogens is 376 g/mol. The molecule has 0 bridgehead atoms. The predicted octanol–water partition coefficient (Wildman–Crippen LogP) is 4.23. The van der Waals surface area contributed by atoms with E-state index in [1.54, 1.807) is 25.4 Å². The number of hydrogen-bond acceptors (Lipinski definition) is 4. The van der Waals surface area contributed by atoms with Crippen LogP contribution in [0.2, 0.25) is 0 Å². The van der Waals surface area contributed by atoms with Crippen molar-refractivity contribution in [3.63, 3.8) is 0 Å². The molecule has 0 spiro atoms. The Bertz CT molecular complexity index is 1030. The molecule has 1 unspecified atom stereocenters. The first-order valence-electron chi connectivity index (χ1n) is 9.27. The monoisotopic (exact) mass is 397 g/mol. The van der Waals surface area contributed by atoms with E-state index >= 15 is 0 Å². The van der Waals surface area contributed by atoms with Crippen LogP contribution in [0.4, 0.5) is 26.0 Å². The normalized spacial score (nSPS) is 16.2. The fourth-order valence-corrected chi connectivity index (χ4v) is 3.76. The SMILES string of the molecule is CN1CC(CC(F)F)c2[nH]c(-c3ccnc(N)c3)c(Nc3ccccc3)c2C1=O. The standard InChI is InChI=1S/C21H21F2N5O/c1-28-11-13(9-15(22)23)18-17(21(28)29)20(26-14-5-3-2-4-6-14)19(27-18)12-7-8-25-16(24)10-12/h2-8,10,13,15,26-27H,9,11H2,1H3,(H2,24,25). The summed E-state index contributed by atoms with van der Waals surface area (Å²) in [5.41, 5.74) is 9.43. The Labute approximate surface area is 166 Å². The van der Waals surface area contributed by atoms with E-state index < -0.39 is 12.3 Å². The number of alkyl halides is 2. The molecule has 1 amide bonds. The van der Waals surface area contributed by atoms with E-state index in [-0.39, 0.29) is 18.9 Å². The number of aromatic amines is 1. The highest BCUT2D eigenvalue weighted by molar-refractivity contribution is 6.06. The quantitative estimate of drug-likeness (QED) is 0.601. The van der Waals surface area contributed by atoms with Crippen molar-refractivity contribution in [3.05, 3.63) is 59.9 Å². The number of rotatable bonds is 5. The number of nitrogens with two attached hydrogens (primary N) is 1. The van der Waals surface area contributed by atoms with Crippen LogP contribution >= 0.6 is 0 Å². The first-order valence-corrected chi connectivity index (χ1v) is 9.27. The number of nitrogen functional groups attached to an aromatic ring is 1. The molecule has 0 aliphatic carbocycles. The highest BCUT2D eigenvalue weighted by Gasteiger charge is 2.36. The minimum Gasteiger partial charge on any atom is -0.384 e. The van der Waals surface area contributed by atoms with Crippen molar-refractivity contribution in [2.75, 3.05) is 24.6 Å². The van der Waals surface area contributed by atoms with Gasteiger partial charge in [-0.1, -0.05) is 18.2 Å². The lowest BCUT2D eigenvalue weighted by Gasteiger charge is -2.30. The maximum atomic E-state index is 13.2. The van der Waals surface area contributed by atoms with Gasteiger partial charge in [0.2, 0.25) is 6.43 Å². The molecule has 4 rings (SSSR count). The molecule has 4 N–H and O–H groups in total. The van der Waals surface area contributed by atoms with Crippen molar-refractivity contribution in [3.8, 4) is 11.3 Å². The number of benzene rings is 1.